The topological polar surface area (TPSA) is 104 Å². The third-order valence-electron chi connectivity index (χ3n) is 3.77. The lowest BCUT2D eigenvalue weighted by atomic mass is 9.94. The largest absolute Gasteiger partial charge is 0.480 e. The van der Waals surface area contributed by atoms with E-state index in [4.69, 9.17) is 10.8 Å². The number of rotatable bonds is 8. The van der Waals surface area contributed by atoms with Crippen molar-refractivity contribution in [2.75, 3.05) is 26.2 Å². The van der Waals surface area contributed by atoms with E-state index in [0.29, 0.717) is 6.54 Å². The van der Waals surface area contributed by atoms with Crippen LogP contribution in [0.25, 0.3) is 0 Å². The van der Waals surface area contributed by atoms with E-state index < -0.39 is 11.9 Å². The molecule has 0 aromatic rings. The Morgan fingerprint density at radius 2 is 1.71 bits per heavy atom. The number of carboxylic acid groups (broad SMARTS) is 1. The van der Waals surface area contributed by atoms with Gasteiger partial charge in [-0.3, -0.25) is 19.3 Å². The molecule has 0 spiro atoms. The van der Waals surface area contributed by atoms with Crippen molar-refractivity contribution in [2.24, 2.45) is 5.73 Å². The molecule has 0 unspecified atom stereocenters. The summed E-state index contributed by atoms with van der Waals surface area (Å²) in [6.07, 6.45) is 5.43. The Kier molecular flexibility index (Phi) is 7.14. The Morgan fingerprint density at radius 3 is 2.19 bits per heavy atom. The summed E-state index contributed by atoms with van der Waals surface area (Å²) >= 11 is 0. The second kappa shape index (κ2) is 8.61. The van der Waals surface area contributed by atoms with Gasteiger partial charge in [-0.2, -0.15) is 0 Å². The summed E-state index contributed by atoms with van der Waals surface area (Å²) in [5.41, 5.74) is 5.10. The first-order valence-electron chi connectivity index (χ1n) is 7.46. The SMILES string of the molecule is CCN(C(=O)CN(CC(N)=O)CC(=O)O)C1CCCCC1. The Balaban J connectivity index is 2.63. The minimum Gasteiger partial charge on any atom is -0.480 e. The zero-order valence-electron chi connectivity index (χ0n) is 12.6. The molecule has 2 amide bonds. The van der Waals surface area contributed by atoms with Gasteiger partial charge in [-0.1, -0.05) is 19.3 Å². The van der Waals surface area contributed by atoms with Crippen molar-refractivity contribution >= 4 is 17.8 Å². The first-order chi connectivity index (χ1) is 9.93. The molecule has 1 saturated carbocycles. The van der Waals surface area contributed by atoms with Crippen LogP contribution in [0.1, 0.15) is 39.0 Å². The molecule has 0 saturated heterocycles. The number of primary amides is 1. The van der Waals surface area contributed by atoms with E-state index in [1.54, 1.807) is 4.90 Å². The minimum absolute atomic E-state index is 0.0837. The quantitative estimate of drug-likeness (QED) is 0.658. The number of carbonyl (C=O) groups excluding carboxylic acids is 2. The molecule has 1 aliphatic rings. The van der Waals surface area contributed by atoms with E-state index in [9.17, 15) is 14.4 Å². The number of carbonyl (C=O) groups is 3. The highest BCUT2D eigenvalue weighted by molar-refractivity contribution is 5.82. The molecular weight excluding hydrogens is 274 g/mol. The second-order valence-electron chi connectivity index (χ2n) is 5.48. The zero-order valence-corrected chi connectivity index (χ0v) is 12.6. The van der Waals surface area contributed by atoms with Crippen molar-refractivity contribution in [1.82, 2.24) is 9.80 Å². The number of hydrogen-bond acceptors (Lipinski definition) is 4. The van der Waals surface area contributed by atoms with Gasteiger partial charge in [0.1, 0.15) is 0 Å². The van der Waals surface area contributed by atoms with Crippen molar-refractivity contribution in [3.63, 3.8) is 0 Å². The lowest BCUT2D eigenvalue weighted by Gasteiger charge is -2.34. The van der Waals surface area contributed by atoms with Crippen molar-refractivity contribution in [1.29, 1.82) is 0 Å². The number of nitrogens with two attached hydrogens (primary N) is 1. The van der Waals surface area contributed by atoms with Crippen LogP contribution in [-0.4, -0.2) is 64.9 Å². The third-order valence-corrected chi connectivity index (χ3v) is 3.77. The van der Waals surface area contributed by atoms with Crippen LogP contribution in [-0.2, 0) is 14.4 Å². The molecule has 0 heterocycles. The van der Waals surface area contributed by atoms with Gasteiger partial charge in [0, 0.05) is 12.6 Å². The van der Waals surface area contributed by atoms with Gasteiger partial charge in [0.25, 0.3) is 0 Å². The number of aliphatic carboxylic acids is 1. The molecule has 1 rings (SSSR count). The summed E-state index contributed by atoms with van der Waals surface area (Å²) in [5, 5.41) is 8.84. The summed E-state index contributed by atoms with van der Waals surface area (Å²) in [6.45, 7) is 1.85. The van der Waals surface area contributed by atoms with Gasteiger partial charge in [-0.25, -0.2) is 0 Å². The van der Waals surface area contributed by atoms with Gasteiger partial charge >= 0.3 is 5.97 Å². The standard InChI is InChI=1S/C14H25N3O4/c1-2-17(11-6-4-3-5-7-11)13(19)9-16(8-12(15)18)10-14(20)21/h11H,2-10H2,1H3,(H2,15,18)(H,20,21). The molecule has 0 aromatic heterocycles. The Labute approximate surface area is 125 Å². The van der Waals surface area contributed by atoms with Crippen LogP contribution >= 0.6 is 0 Å². The van der Waals surface area contributed by atoms with E-state index >= 15 is 0 Å². The number of carboxylic acids is 1. The molecule has 21 heavy (non-hydrogen) atoms. The number of nitrogens with zero attached hydrogens (tertiary/aromatic N) is 2. The predicted octanol–water partition coefficient (Wildman–Crippen LogP) is 0.0395. The lowest BCUT2D eigenvalue weighted by molar-refractivity contribution is -0.140. The molecule has 0 aliphatic heterocycles. The van der Waals surface area contributed by atoms with Crippen molar-refractivity contribution < 1.29 is 19.5 Å². The highest BCUT2D eigenvalue weighted by Gasteiger charge is 2.26. The van der Waals surface area contributed by atoms with Gasteiger partial charge < -0.3 is 15.7 Å². The van der Waals surface area contributed by atoms with Gasteiger partial charge in [-0.15, -0.1) is 0 Å². The van der Waals surface area contributed by atoms with Crippen LogP contribution in [0.15, 0.2) is 0 Å². The fourth-order valence-corrected chi connectivity index (χ4v) is 2.89. The number of likely N-dealkylation sites (N-methyl/N-ethyl adjacent to an activating group) is 1. The van der Waals surface area contributed by atoms with Crippen LogP contribution < -0.4 is 5.73 Å². The Bertz CT molecular complexity index is 364. The molecule has 7 heteroatoms. The third kappa shape index (κ3) is 6.12. The van der Waals surface area contributed by atoms with Crippen molar-refractivity contribution in [3.8, 4) is 0 Å². The number of amides is 2. The van der Waals surface area contributed by atoms with E-state index in [1.165, 1.54) is 11.3 Å². The highest BCUT2D eigenvalue weighted by Crippen LogP contribution is 2.22. The maximum atomic E-state index is 12.4. The molecule has 0 radical (unpaired) electrons. The molecule has 0 bridgehead atoms. The smallest absolute Gasteiger partial charge is 0.317 e. The summed E-state index contributed by atoms with van der Waals surface area (Å²) in [7, 11) is 0. The summed E-state index contributed by atoms with van der Waals surface area (Å²) in [4.78, 5) is 37.2. The first kappa shape index (κ1) is 17.4. The fraction of sp³-hybridized carbons (Fsp3) is 0.786. The normalized spacial score (nSPS) is 15.9. The summed E-state index contributed by atoms with van der Waals surface area (Å²) in [5.74, 6) is -1.85. The average Bonchev–Trinajstić information content (AvgIpc) is 2.39. The lowest BCUT2D eigenvalue weighted by Crippen LogP contribution is -2.48. The molecular formula is C14H25N3O4. The molecule has 1 fully saturated rings. The maximum absolute atomic E-state index is 12.4. The Hall–Kier alpha value is -1.63. The van der Waals surface area contributed by atoms with Gasteiger partial charge in [0.2, 0.25) is 11.8 Å². The molecule has 0 aromatic carbocycles. The molecule has 1 aliphatic carbocycles. The first-order valence-corrected chi connectivity index (χ1v) is 7.46. The van der Waals surface area contributed by atoms with E-state index in [1.807, 2.05) is 6.92 Å². The van der Waals surface area contributed by atoms with Crippen LogP contribution in [0.3, 0.4) is 0 Å². The summed E-state index contributed by atoms with van der Waals surface area (Å²) < 4.78 is 0. The van der Waals surface area contributed by atoms with Crippen LogP contribution in [0.2, 0.25) is 0 Å². The van der Waals surface area contributed by atoms with Crippen LogP contribution in [0.4, 0.5) is 0 Å². The van der Waals surface area contributed by atoms with E-state index in [2.05, 4.69) is 0 Å². The number of hydrogen-bond donors (Lipinski definition) is 2. The molecule has 120 valence electrons. The van der Waals surface area contributed by atoms with Gasteiger partial charge in [0.15, 0.2) is 0 Å². The zero-order chi connectivity index (χ0) is 15.8. The van der Waals surface area contributed by atoms with Gasteiger partial charge in [-0.05, 0) is 19.8 Å². The van der Waals surface area contributed by atoms with E-state index in [0.717, 1.165) is 25.7 Å². The second-order valence-corrected chi connectivity index (χ2v) is 5.48. The monoisotopic (exact) mass is 299 g/mol. The van der Waals surface area contributed by atoms with E-state index in [-0.39, 0.29) is 31.6 Å². The maximum Gasteiger partial charge on any atom is 0.317 e. The molecule has 0 atom stereocenters. The van der Waals surface area contributed by atoms with Crippen LogP contribution in [0.5, 0.6) is 0 Å². The molecule has 3 N–H and O–H groups in total. The highest BCUT2D eigenvalue weighted by atomic mass is 16.4. The fourth-order valence-electron chi connectivity index (χ4n) is 2.89. The minimum atomic E-state index is -1.08. The molecule has 7 nitrogen and oxygen atoms in total. The Morgan fingerprint density at radius 1 is 1.10 bits per heavy atom. The van der Waals surface area contributed by atoms with Crippen LogP contribution in [0, 0.1) is 0 Å². The predicted molar refractivity (Wildman–Crippen MR) is 77.5 cm³/mol. The van der Waals surface area contributed by atoms with Crippen molar-refractivity contribution in [2.45, 2.75) is 45.1 Å². The van der Waals surface area contributed by atoms with Crippen molar-refractivity contribution in [3.05, 3.63) is 0 Å². The summed E-state index contributed by atoms with van der Waals surface area (Å²) in [6, 6.07) is 0.233. The van der Waals surface area contributed by atoms with Gasteiger partial charge in [0.05, 0.1) is 19.6 Å². The average molecular weight is 299 g/mol.